The average molecular weight is 274 g/mol. The molecule has 2 aliphatic heterocycles. The van der Waals surface area contributed by atoms with E-state index >= 15 is 0 Å². The maximum atomic E-state index is 12.4. The van der Waals surface area contributed by atoms with Gasteiger partial charge in [0.05, 0.1) is 5.84 Å². The van der Waals surface area contributed by atoms with E-state index in [4.69, 9.17) is 11.1 Å². The van der Waals surface area contributed by atoms with E-state index in [9.17, 15) is 8.42 Å². The number of nitrogens with two attached hydrogens (primary N) is 1. The normalized spacial score (nSPS) is 28.1. The third-order valence-corrected chi connectivity index (χ3v) is 5.79. The van der Waals surface area contributed by atoms with Crippen LogP contribution in [0.4, 0.5) is 0 Å². The molecular formula is C11H22N4O2S. The van der Waals surface area contributed by atoms with Crippen molar-refractivity contribution in [3.63, 3.8) is 0 Å². The van der Waals surface area contributed by atoms with Gasteiger partial charge in [-0.2, -0.15) is 17.0 Å². The first-order valence-corrected chi connectivity index (χ1v) is 8.00. The molecule has 104 valence electrons. The van der Waals surface area contributed by atoms with Crippen LogP contribution in [-0.2, 0) is 10.2 Å². The van der Waals surface area contributed by atoms with Gasteiger partial charge in [0.25, 0.3) is 10.2 Å². The molecule has 0 saturated carbocycles. The summed E-state index contributed by atoms with van der Waals surface area (Å²) in [6.45, 7) is 2.18. The summed E-state index contributed by atoms with van der Waals surface area (Å²) in [4.78, 5) is 0. The molecule has 0 spiro atoms. The van der Waals surface area contributed by atoms with Crippen LogP contribution in [-0.4, -0.2) is 49.0 Å². The largest absolute Gasteiger partial charge is 0.387 e. The fourth-order valence-corrected chi connectivity index (χ4v) is 4.44. The lowest BCUT2D eigenvalue weighted by Gasteiger charge is -2.36. The zero-order valence-electron chi connectivity index (χ0n) is 10.6. The molecule has 0 amide bonds. The standard InChI is InChI=1S/C11H22N4O2S/c12-11(13)10-5-4-8-15(9-10)18(16,17)14-6-2-1-3-7-14/h10H,1-9H2,(H3,12,13). The molecule has 0 radical (unpaired) electrons. The van der Waals surface area contributed by atoms with Crippen LogP contribution in [0, 0.1) is 11.3 Å². The third kappa shape index (κ3) is 2.84. The number of nitrogens with one attached hydrogen (secondary N) is 1. The molecule has 1 unspecified atom stereocenters. The molecule has 0 bridgehead atoms. The lowest BCUT2D eigenvalue weighted by molar-refractivity contribution is 0.264. The fourth-order valence-electron chi connectivity index (χ4n) is 2.66. The Balaban J connectivity index is 2.06. The van der Waals surface area contributed by atoms with E-state index in [0.29, 0.717) is 26.2 Å². The molecule has 2 saturated heterocycles. The maximum absolute atomic E-state index is 12.4. The van der Waals surface area contributed by atoms with E-state index < -0.39 is 10.2 Å². The van der Waals surface area contributed by atoms with Gasteiger partial charge in [-0.15, -0.1) is 0 Å². The smallest absolute Gasteiger partial charge is 0.281 e. The van der Waals surface area contributed by atoms with Gasteiger partial charge in [-0.05, 0) is 25.7 Å². The molecular weight excluding hydrogens is 252 g/mol. The van der Waals surface area contributed by atoms with Crippen LogP contribution in [0.15, 0.2) is 0 Å². The second kappa shape index (κ2) is 5.54. The van der Waals surface area contributed by atoms with Crippen molar-refractivity contribution in [2.75, 3.05) is 26.2 Å². The van der Waals surface area contributed by atoms with Crippen molar-refractivity contribution >= 4 is 16.0 Å². The topological polar surface area (TPSA) is 90.5 Å². The maximum Gasteiger partial charge on any atom is 0.281 e. The van der Waals surface area contributed by atoms with Crippen LogP contribution in [0.25, 0.3) is 0 Å². The first-order chi connectivity index (χ1) is 8.51. The highest BCUT2D eigenvalue weighted by molar-refractivity contribution is 7.86. The van der Waals surface area contributed by atoms with Crippen LogP contribution < -0.4 is 5.73 Å². The Labute approximate surface area is 109 Å². The van der Waals surface area contributed by atoms with Crippen LogP contribution in [0.1, 0.15) is 32.1 Å². The minimum atomic E-state index is -3.34. The summed E-state index contributed by atoms with van der Waals surface area (Å²) in [5.41, 5.74) is 5.50. The molecule has 2 aliphatic rings. The Morgan fingerprint density at radius 2 is 1.67 bits per heavy atom. The summed E-state index contributed by atoms with van der Waals surface area (Å²) in [5.74, 6) is -0.00754. The number of piperidine rings is 2. The van der Waals surface area contributed by atoms with Crippen LogP contribution in [0.2, 0.25) is 0 Å². The molecule has 1 atom stereocenters. The highest BCUT2D eigenvalue weighted by atomic mass is 32.2. The quantitative estimate of drug-likeness (QED) is 0.575. The van der Waals surface area contributed by atoms with Gasteiger partial charge < -0.3 is 5.73 Å². The van der Waals surface area contributed by atoms with Crippen molar-refractivity contribution in [1.82, 2.24) is 8.61 Å². The zero-order chi connectivity index (χ0) is 13.2. The SMILES string of the molecule is N=C(N)C1CCCN(S(=O)(=O)N2CCCCC2)C1. The first kappa shape index (κ1) is 13.8. The third-order valence-electron chi connectivity index (χ3n) is 3.79. The monoisotopic (exact) mass is 274 g/mol. The highest BCUT2D eigenvalue weighted by Crippen LogP contribution is 2.23. The molecule has 2 fully saturated rings. The summed E-state index contributed by atoms with van der Waals surface area (Å²) in [5, 5.41) is 7.47. The van der Waals surface area contributed by atoms with Crippen molar-refractivity contribution in [3.8, 4) is 0 Å². The van der Waals surface area contributed by atoms with E-state index in [0.717, 1.165) is 32.1 Å². The lowest BCUT2D eigenvalue weighted by atomic mass is 9.99. The van der Waals surface area contributed by atoms with Gasteiger partial charge in [0.15, 0.2) is 0 Å². The molecule has 0 aliphatic carbocycles. The van der Waals surface area contributed by atoms with Gasteiger partial charge in [-0.1, -0.05) is 6.42 Å². The van der Waals surface area contributed by atoms with Crippen molar-refractivity contribution in [2.24, 2.45) is 11.7 Å². The Morgan fingerprint density at radius 3 is 2.28 bits per heavy atom. The summed E-state index contributed by atoms with van der Waals surface area (Å²) < 4.78 is 28.0. The number of amidine groups is 1. The molecule has 0 aromatic rings. The summed E-state index contributed by atoms with van der Waals surface area (Å²) in [6.07, 6.45) is 4.62. The molecule has 3 N–H and O–H groups in total. The summed E-state index contributed by atoms with van der Waals surface area (Å²) in [7, 11) is -3.34. The molecule has 6 nitrogen and oxygen atoms in total. The van der Waals surface area contributed by atoms with Gasteiger partial charge in [0.2, 0.25) is 0 Å². The van der Waals surface area contributed by atoms with Crippen LogP contribution >= 0.6 is 0 Å². The summed E-state index contributed by atoms with van der Waals surface area (Å²) >= 11 is 0. The van der Waals surface area contributed by atoms with Gasteiger partial charge in [0, 0.05) is 32.1 Å². The van der Waals surface area contributed by atoms with Crippen molar-refractivity contribution < 1.29 is 8.42 Å². The van der Waals surface area contributed by atoms with Crippen LogP contribution in [0.5, 0.6) is 0 Å². The lowest BCUT2D eigenvalue weighted by Crippen LogP contribution is -2.51. The minimum Gasteiger partial charge on any atom is -0.387 e. The van der Waals surface area contributed by atoms with Crippen LogP contribution in [0.3, 0.4) is 0 Å². The van der Waals surface area contributed by atoms with Gasteiger partial charge in [-0.25, -0.2) is 0 Å². The Bertz CT molecular complexity index is 403. The van der Waals surface area contributed by atoms with E-state index in [1.165, 1.54) is 4.31 Å². The molecule has 2 heterocycles. The van der Waals surface area contributed by atoms with E-state index in [-0.39, 0.29) is 11.8 Å². The van der Waals surface area contributed by atoms with Crippen molar-refractivity contribution in [3.05, 3.63) is 0 Å². The Kier molecular flexibility index (Phi) is 4.24. The van der Waals surface area contributed by atoms with Gasteiger partial charge in [-0.3, -0.25) is 5.41 Å². The summed E-state index contributed by atoms with van der Waals surface area (Å²) in [6, 6.07) is 0. The van der Waals surface area contributed by atoms with E-state index in [1.807, 2.05) is 0 Å². The number of rotatable bonds is 3. The van der Waals surface area contributed by atoms with E-state index in [2.05, 4.69) is 0 Å². The second-order valence-corrected chi connectivity index (χ2v) is 7.05. The molecule has 0 aromatic heterocycles. The average Bonchev–Trinajstić information content (AvgIpc) is 2.40. The Hall–Kier alpha value is -0.660. The van der Waals surface area contributed by atoms with Gasteiger partial charge >= 0.3 is 0 Å². The fraction of sp³-hybridized carbons (Fsp3) is 0.909. The predicted octanol–water partition coefficient (Wildman–Crippen LogP) is 0.365. The number of hydrogen-bond donors (Lipinski definition) is 2. The van der Waals surface area contributed by atoms with Crippen molar-refractivity contribution in [2.45, 2.75) is 32.1 Å². The Morgan fingerprint density at radius 1 is 1.06 bits per heavy atom. The minimum absolute atomic E-state index is 0.105. The number of hydrogen-bond acceptors (Lipinski definition) is 3. The van der Waals surface area contributed by atoms with Crippen molar-refractivity contribution in [1.29, 1.82) is 5.41 Å². The number of nitrogens with zero attached hydrogens (tertiary/aromatic N) is 2. The van der Waals surface area contributed by atoms with Gasteiger partial charge in [0.1, 0.15) is 0 Å². The predicted molar refractivity (Wildman–Crippen MR) is 70.6 cm³/mol. The first-order valence-electron chi connectivity index (χ1n) is 6.61. The molecule has 2 rings (SSSR count). The molecule has 7 heteroatoms. The molecule has 0 aromatic carbocycles. The second-order valence-electron chi connectivity index (χ2n) is 5.12. The van der Waals surface area contributed by atoms with E-state index in [1.54, 1.807) is 4.31 Å². The zero-order valence-corrected chi connectivity index (χ0v) is 11.5. The highest BCUT2D eigenvalue weighted by Gasteiger charge is 2.34. The molecule has 18 heavy (non-hydrogen) atoms.